The van der Waals surface area contributed by atoms with Crippen molar-refractivity contribution in [3.63, 3.8) is 0 Å². The molecule has 2 aliphatic carbocycles. The molecule has 1 N–H and O–H groups in total. The summed E-state index contributed by atoms with van der Waals surface area (Å²) in [5, 5.41) is 3.34. The van der Waals surface area contributed by atoms with Gasteiger partial charge < -0.3 is 15.0 Å². The lowest BCUT2D eigenvalue weighted by Crippen LogP contribution is -2.57. The number of nitrogens with zero attached hydrogens (tertiary/aromatic N) is 1. The zero-order chi connectivity index (χ0) is 18.9. The molecular formula is C21H27FN2O3. The normalized spacial score (nSPS) is 21.6. The van der Waals surface area contributed by atoms with Crippen LogP contribution in [-0.2, 0) is 9.59 Å². The van der Waals surface area contributed by atoms with E-state index in [0.29, 0.717) is 18.8 Å². The monoisotopic (exact) mass is 374 g/mol. The highest BCUT2D eigenvalue weighted by atomic mass is 19.1. The Labute approximate surface area is 159 Å². The highest BCUT2D eigenvalue weighted by Crippen LogP contribution is 2.41. The van der Waals surface area contributed by atoms with Crippen LogP contribution in [0, 0.1) is 17.7 Å². The van der Waals surface area contributed by atoms with Crippen LogP contribution in [0.1, 0.15) is 44.9 Å². The third-order valence-electron chi connectivity index (χ3n) is 5.96. The number of amides is 2. The molecule has 3 aliphatic rings. The fourth-order valence-electron chi connectivity index (χ4n) is 3.91. The Balaban J connectivity index is 1.29. The quantitative estimate of drug-likeness (QED) is 0.798. The number of carbonyl (C=O) groups excluding carboxylic acids is 2. The summed E-state index contributed by atoms with van der Waals surface area (Å²) in [5.74, 6) is 1.24. The summed E-state index contributed by atoms with van der Waals surface area (Å²) in [6, 6.07) is 5.67. The van der Waals surface area contributed by atoms with Gasteiger partial charge in [-0.1, -0.05) is 12.8 Å². The van der Waals surface area contributed by atoms with Gasteiger partial charge >= 0.3 is 0 Å². The van der Waals surface area contributed by atoms with E-state index in [-0.39, 0.29) is 35.7 Å². The fourth-order valence-corrected chi connectivity index (χ4v) is 3.91. The molecule has 1 aliphatic heterocycles. The van der Waals surface area contributed by atoms with Crippen molar-refractivity contribution < 1.29 is 18.7 Å². The number of likely N-dealkylation sites (tertiary alicyclic amines) is 1. The van der Waals surface area contributed by atoms with Gasteiger partial charge in [-0.3, -0.25) is 9.59 Å². The molecule has 1 heterocycles. The van der Waals surface area contributed by atoms with E-state index in [1.54, 1.807) is 0 Å². The first-order valence-corrected chi connectivity index (χ1v) is 10.0. The van der Waals surface area contributed by atoms with Gasteiger partial charge in [-0.2, -0.15) is 0 Å². The molecule has 0 aromatic heterocycles. The molecule has 1 saturated heterocycles. The van der Waals surface area contributed by atoms with Crippen molar-refractivity contribution in [2.75, 3.05) is 19.7 Å². The lowest BCUT2D eigenvalue weighted by molar-refractivity contribution is -0.135. The summed E-state index contributed by atoms with van der Waals surface area (Å²) < 4.78 is 18.4. The molecule has 6 heteroatoms. The smallest absolute Gasteiger partial charge is 0.260 e. The molecule has 1 aromatic carbocycles. The maximum absolute atomic E-state index is 12.9. The van der Waals surface area contributed by atoms with Crippen LogP contribution in [0.15, 0.2) is 24.3 Å². The van der Waals surface area contributed by atoms with Gasteiger partial charge in [-0.05, 0) is 62.3 Å². The molecule has 2 amide bonds. The molecule has 0 radical (unpaired) electrons. The van der Waals surface area contributed by atoms with E-state index in [0.717, 1.165) is 38.0 Å². The van der Waals surface area contributed by atoms with Crippen LogP contribution in [0.4, 0.5) is 4.39 Å². The first-order valence-electron chi connectivity index (χ1n) is 10.0. The van der Waals surface area contributed by atoms with Gasteiger partial charge in [0.2, 0.25) is 5.91 Å². The number of ether oxygens (including phenoxy) is 1. The third kappa shape index (κ3) is 4.79. The first-order chi connectivity index (χ1) is 13.0. The Morgan fingerprint density at radius 3 is 2.37 bits per heavy atom. The third-order valence-corrected chi connectivity index (χ3v) is 5.96. The van der Waals surface area contributed by atoms with Crippen LogP contribution in [-0.4, -0.2) is 41.9 Å². The molecule has 0 atom stereocenters. The molecular weight excluding hydrogens is 347 g/mol. The number of rotatable bonds is 7. The number of benzene rings is 1. The molecule has 5 nitrogen and oxygen atoms in total. The molecule has 4 rings (SSSR count). The van der Waals surface area contributed by atoms with Gasteiger partial charge in [-0.15, -0.1) is 0 Å². The summed E-state index contributed by atoms with van der Waals surface area (Å²) in [6.45, 7) is 1.24. The van der Waals surface area contributed by atoms with Crippen molar-refractivity contribution in [3.8, 4) is 5.75 Å². The molecule has 27 heavy (non-hydrogen) atoms. The molecule has 3 fully saturated rings. The lowest BCUT2D eigenvalue weighted by Gasteiger charge is -2.43. The van der Waals surface area contributed by atoms with Crippen LogP contribution < -0.4 is 10.1 Å². The number of piperidine rings is 1. The number of nitrogens with one attached hydrogen (secondary N) is 1. The Morgan fingerprint density at radius 1 is 1.11 bits per heavy atom. The van der Waals surface area contributed by atoms with Crippen molar-refractivity contribution in [3.05, 3.63) is 30.1 Å². The van der Waals surface area contributed by atoms with E-state index in [1.165, 1.54) is 37.1 Å². The average Bonchev–Trinajstić information content (AvgIpc) is 3.55. The maximum atomic E-state index is 12.9. The van der Waals surface area contributed by atoms with Crippen molar-refractivity contribution in [2.45, 2.75) is 50.5 Å². The molecule has 2 saturated carbocycles. The Kier molecular flexibility index (Phi) is 5.06. The average molecular weight is 374 g/mol. The molecule has 146 valence electrons. The van der Waals surface area contributed by atoms with E-state index < -0.39 is 0 Å². The first kappa shape index (κ1) is 18.3. The van der Waals surface area contributed by atoms with Gasteiger partial charge in [-0.25, -0.2) is 4.39 Å². The second-order valence-electron chi connectivity index (χ2n) is 8.31. The highest BCUT2D eigenvalue weighted by molar-refractivity contribution is 5.82. The summed E-state index contributed by atoms with van der Waals surface area (Å²) in [5.41, 5.74) is -0.143. The second kappa shape index (κ2) is 7.49. The summed E-state index contributed by atoms with van der Waals surface area (Å²) in [6.07, 6.45) is 7.20. The zero-order valence-corrected chi connectivity index (χ0v) is 15.6. The largest absolute Gasteiger partial charge is 0.484 e. The van der Waals surface area contributed by atoms with E-state index in [9.17, 15) is 14.0 Å². The van der Waals surface area contributed by atoms with Gasteiger partial charge in [0.25, 0.3) is 5.91 Å². The molecule has 1 aromatic rings. The van der Waals surface area contributed by atoms with Gasteiger partial charge in [0, 0.05) is 24.5 Å². The lowest BCUT2D eigenvalue weighted by atomic mass is 9.82. The van der Waals surface area contributed by atoms with Crippen molar-refractivity contribution >= 4 is 11.8 Å². The minimum atomic E-state index is -0.329. The molecule has 0 unspecified atom stereocenters. The fraction of sp³-hybridized carbons (Fsp3) is 0.619. The maximum Gasteiger partial charge on any atom is 0.260 e. The van der Waals surface area contributed by atoms with Crippen LogP contribution >= 0.6 is 0 Å². The van der Waals surface area contributed by atoms with Crippen molar-refractivity contribution in [1.29, 1.82) is 0 Å². The van der Waals surface area contributed by atoms with Crippen LogP contribution in [0.25, 0.3) is 0 Å². The Morgan fingerprint density at radius 2 is 1.78 bits per heavy atom. The van der Waals surface area contributed by atoms with Gasteiger partial charge in [0.1, 0.15) is 11.6 Å². The SMILES string of the molecule is O=C(NC1(CC2CC2)CCN(C(=O)COc2ccc(F)cc2)CC1)C1CC1. The van der Waals surface area contributed by atoms with Gasteiger partial charge in [0.05, 0.1) is 0 Å². The standard InChI is InChI=1S/C21H27FN2O3/c22-17-5-7-18(8-6-17)27-14-19(25)24-11-9-21(10-12-24,13-15-1-2-15)23-20(26)16-3-4-16/h5-8,15-16H,1-4,9-14H2,(H,23,26). The Hall–Kier alpha value is -2.11. The number of hydrogen-bond donors (Lipinski definition) is 1. The van der Waals surface area contributed by atoms with E-state index >= 15 is 0 Å². The topological polar surface area (TPSA) is 58.6 Å². The highest BCUT2D eigenvalue weighted by Gasteiger charge is 2.43. The Bertz CT molecular complexity index is 690. The van der Waals surface area contributed by atoms with Crippen molar-refractivity contribution in [1.82, 2.24) is 10.2 Å². The van der Waals surface area contributed by atoms with E-state index in [4.69, 9.17) is 4.74 Å². The second-order valence-corrected chi connectivity index (χ2v) is 8.31. The minimum Gasteiger partial charge on any atom is -0.484 e. The summed E-state index contributed by atoms with van der Waals surface area (Å²) in [7, 11) is 0. The number of carbonyl (C=O) groups is 2. The van der Waals surface area contributed by atoms with E-state index in [1.807, 2.05) is 4.90 Å². The van der Waals surface area contributed by atoms with Crippen LogP contribution in [0.3, 0.4) is 0 Å². The van der Waals surface area contributed by atoms with Gasteiger partial charge in [0.15, 0.2) is 6.61 Å². The minimum absolute atomic E-state index is 0.0459. The number of halogens is 1. The van der Waals surface area contributed by atoms with Crippen LogP contribution in [0.2, 0.25) is 0 Å². The zero-order valence-electron chi connectivity index (χ0n) is 15.6. The predicted molar refractivity (Wildman–Crippen MR) is 98.6 cm³/mol. The number of hydrogen-bond acceptors (Lipinski definition) is 3. The van der Waals surface area contributed by atoms with E-state index in [2.05, 4.69) is 5.32 Å². The van der Waals surface area contributed by atoms with Crippen molar-refractivity contribution in [2.24, 2.45) is 11.8 Å². The van der Waals surface area contributed by atoms with Crippen LogP contribution in [0.5, 0.6) is 5.75 Å². The molecule has 0 bridgehead atoms. The molecule has 0 spiro atoms. The summed E-state index contributed by atoms with van der Waals surface area (Å²) >= 11 is 0. The predicted octanol–water partition coefficient (Wildman–Crippen LogP) is 2.89. The summed E-state index contributed by atoms with van der Waals surface area (Å²) in [4.78, 5) is 26.6.